The van der Waals surface area contributed by atoms with Crippen LogP contribution in [0.15, 0.2) is 0 Å². The molecule has 1 amide bonds. The van der Waals surface area contributed by atoms with E-state index in [4.69, 9.17) is 9.84 Å². The van der Waals surface area contributed by atoms with Crippen LogP contribution < -0.4 is 5.32 Å². The number of carbonyl (C=O) groups is 1. The minimum Gasteiger partial charge on any atom is -0.449 e. The number of carbonyl (C=O) groups excluding carboxylic acids is 1. The lowest BCUT2D eigenvalue weighted by atomic mass is 9.95. The van der Waals surface area contributed by atoms with Gasteiger partial charge in [0.15, 0.2) is 0 Å². The van der Waals surface area contributed by atoms with Gasteiger partial charge in [-0.2, -0.15) is 0 Å². The topological polar surface area (TPSA) is 61.8 Å². The van der Waals surface area contributed by atoms with Crippen molar-refractivity contribution >= 4 is 6.09 Å². The molecule has 2 fully saturated rings. The fraction of sp³-hybridized carbons (Fsp3) is 0.923. The van der Waals surface area contributed by atoms with Gasteiger partial charge in [-0.1, -0.05) is 0 Å². The van der Waals surface area contributed by atoms with Crippen LogP contribution in [0.5, 0.6) is 0 Å². The number of aliphatic hydroxyl groups excluding tert-OH is 1. The highest BCUT2D eigenvalue weighted by atomic mass is 19.1. The predicted octanol–water partition coefficient (Wildman–Crippen LogP) is 0.919. The second-order valence-electron chi connectivity index (χ2n) is 5.57. The maximum absolute atomic E-state index is 13.8. The van der Waals surface area contributed by atoms with Crippen molar-refractivity contribution < 1.29 is 19.0 Å². The Morgan fingerprint density at radius 2 is 2.00 bits per heavy atom. The van der Waals surface area contributed by atoms with Crippen molar-refractivity contribution in [2.75, 3.05) is 39.4 Å². The van der Waals surface area contributed by atoms with Crippen LogP contribution in [0.1, 0.15) is 25.7 Å². The summed E-state index contributed by atoms with van der Waals surface area (Å²) >= 11 is 0. The zero-order chi connectivity index (χ0) is 13.7. The monoisotopic (exact) mass is 274 g/mol. The number of likely N-dealkylation sites (tertiary alicyclic amines) is 1. The van der Waals surface area contributed by atoms with E-state index in [1.807, 2.05) is 0 Å². The summed E-state index contributed by atoms with van der Waals surface area (Å²) in [7, 11) is 0. The number of hydrogen-bond donors (Lipinski definition) is 2. The highest BCUT2D eigenvalue weighted by Gasteiger charge is 2.35. The van der Waals surface area contributed by atoms with E-state index in [9.17, 15) is 9.18 Å². The van der Waals surface area contributed by atoms with Gasteiger partial charge in [0.1, 0.15) is 5.67 Å². The third-order valence-electron chi connectivity index (χ3n) is 4.10. The van der Waals surface area contributed by atoms with Crippen LogP contribution in [0.4, 0.5) is 9.18 Å². The number of alkyl halides is 1. The van der Waals surface area contributed by atoms with Gasteiger partial charge in [0.05, 0.1) is 13.2 Å². The molecular weight excluding hydrogens is 251 g/mol. The van der Waals surface area contributed by atoms with Crippen molar-refractivity contribution in [3.05, 3.63) is 0 Å². The molecule has 110 valence electrons. The zero-order valence-electron chi connectivity index (χ0n) is 11.2. The number of amides is 1. The highest BCUT2D eigenvalue weighted by Crippen LogP contribution is 2.26. The van der Waals surface area contributed by atoms with Gasteiger partial charge >= 0.3 is 6.09 Å². The molecule has 0 unspecified atom stereocenters. The van der Waals surface area contributed by atoms with E-state index in [0.717, 1.165) is 25.9 Å². The third-order valence-corrected chi connectivity index (χ3v) is 4.10. The van der Waals surface area contributed by atoms with Gasteiger partial charge in [0, 0.05) is 25.9 Å². The molecule has 2 N–H and O–H groups in total. The van der Waals surface area contributed by atoms with Crippen LogP contribution in [-0.4, -0.2) is 61.2 Å². The first kappa shape index (κ1) is 14.5. The second-order valence-corrected chi connectivity index (χ2v) is 5.57. The Morgan fingerprint density at radius 3 is 2.58 bits per heavy atom. The Morgan fingerprint density at radius 1 is 1.37 bits per heavy atom. The number of aliphatic hydroxyl groups is 1. The lowest BCUT2D eigenvalue weighted by Gasteiger charge is -2.35. The van der Waals surface area contributed by atoms with Crippen LogP contribution in [0.2, 0.25) is 0 Å². The average Bonchev–Trinajstić information content (AvgIpc) is 2.47. The zero-order valence-corrected chi connectivity index (χ0v) is 11.2. The lowest BCUT2D eigenvalue weighted by molar-refractivity contribution is 0.00377. The molecule has 0 bridgehead atoms. The van der Waals surface area contributed by atoms with Gasteiger partial charge in [-0.05, 0) is 31.8 Å². The van der Waals surface area contributed by atoms with E-state index in [-0.39, 0.29) is 18.9 Å². The SMILES string of the molecule is O=C(OCC1CCNCC1)N1CCC(F)(CO)CC1. The van der Waals surface area contributed by atoms with Crippen molar-refractivity contribution in [3.8, 4) is 0 Å². The Hall–Kier alpha value is -0.880. The van der Waals surface area contributed by atoms with Crippen LogP contribution in [0, 0.1) is 5.92 Å². The van der Waals surface area contributed by atoms with E-state index in [1.165, 1.54) is 4.90 Å². The Labute approximate surface area is 113 Å². The Kier molecular flexibility index (Phi) is 4.99. The summed E-state index contributed by atoms with van der Waals surface area (Å²) in [6, 6.07) is 0. The summed E-state index contributed by atoms with van der Waals surface area (Å²) in [5.41, 5.74) is -1.52. The number of hydrogen-bond acceptors (Lipinski definition) is 4. The fourth-order valence-corrected chi connectivity index (χ4v) is 2.58. The van der Waals surface area contributed by atoms with Gasteiger partial charge < -0.3 is 20.1 Å². The van der Waals surface area contributed by atoms with E-state index in [2.05, 4.69) is 5.32 Å². The largest absolute Gasteiger partial charge is 0.449 e. The average molecular weight is 274 g/mol. The lowest BCUT2D eigenvalue weighted by Crippen LogP contribution is -2.46. The normalized spacial score (nSPS) is 24.2. The molecule has 19 heavy (non-hydrogen) atoms. The smallest absolute Gasteiger partial charge is 0.409 e. The molecule has 0 aromatic carbocycles. The van der Waals surface area contributed by atoms with Crippen LogP contribution in [0.3, 0.4) is 0 Å². The van der Waals surface area contributed by atoms with Gasteiger partial charge in [0.2, 0.25) is 0 Å². The minimum absolute atomic E-state index is 0.186. The first-order valence-corrected chi connectivity index (χ1v) is 7.05. The molecule has 0 aliphatic carbocycles. The van der Waals surface area contributed by atoms with Gasteiger partial charge in [-0.15, -0.1) is 0 Å². The molecule has 0 aromatic heterocycles. The molecule has 2 saturated heterocycles. The number of rotatable bonds is 3. The molecule has 0 atom stereocenters. The number of piperidine rings is 2. The van der Waals surface area contributed by atoms with Crippen LogP contribution >= 0.6 is 0 Å². The molecule has 2 aliphatic rings. The van der Waals surface area contributed by atoms with Crippen molar-refractivity contribution in [3.63, 3.8) is 0 Å². The van der Waals surface area contributed by atoms with Gasteiger partial charge in [-0.25, -0.2) is 9.18 Å². The third kappa shape index (κ3) is 4.04. The quantitative estimate of drug-likeness (QED) is 0.803. The van der Waals surface area contributed by atoms with Crippen molar-refractivity contribution in [1.29, 1.82) is 0 Å². The Bertz CT molecular complexity index is 300. The standard InChI is InChI=1S/C13H23FN2O3/c14-13(10-17)3-7-16(8-4-13)12(18)19-9-11-1-5-15-6-2-11/h11,15,17H,1-10H2. The molecular formula is C13H23FN2O3. The summed E-state index contributed by atoms with van der Waals surface area (Å²) in [5, 5.41) is 12.2. The molecule has 5 nitrogen and oxygen atoms in total. The van der Waals surface area contributed by atoms with E-state index in [0.29, 0.717) is 25.6 Å². The summed E-state index contributed by atoms with van der Waals surface area (Å²) in [6.45, 7) is 2.59. The number of halogens is 1. The number of nitrogens with zero attached hydrogens (tertiary/aromatic N) is 1. The van der Waals surface area contributed by atoms with Gasteiger partial charge in [-0.3, -0.25) is 0 Å². The molecule has 6 heteroatoms. The number of ether oxygens (including phenoxy) is 1. The number of nitrogens with one attached hydrogen (secondary N) is 1. The molecule has 0 aromatic rings. The van der Waals surface area contributed by atoms with Crippen molar-refractivity contribution in [1.82, 2.24) is 10.2 Å². The van der Waals surface area contributed by atoms with Crippen molar-refractivity contribution in [2.24, 2.45) is 5.92 Å². The summed E-state index contributed by atoms with van der Waals surface area (Å²) in [4.78, 5) is 13.4. The fourth-order valence-electron chi connectivity index (χ4n) is 2.58. The first-order chi connectivity index (χ1) is 9.13. The molecule has 0 saturated carbocycles. The van der Waals surface area contributed by atoms with E-state index >= 15 is 0 Å². The summed E-state index contributed by atoms with van der Waals surface area (Å²) in [5.74, 6) is 0.438. The van der Waals surface area contributed by atoms with E-state index in [1.54, 1.807) is 0 Å². The minimum atomic E-state index is -1.52. The molecule has 2 rings (SSSR count). The first-order valence-electron chi connectivity index (χ1n) is 7.05. The van der Waals surface area contributed by atoms with Crippen molar-refractivity contribution in [2.45, 2.75) is 31.4 Å². The summed E-state index contributed by atoms with van der Waals surface area (Å²) < 4.78 is 19.1. The van der Waals surface area contributed by atoms with Crippen LogP contribution in [0.25, 0.3) is 0 Å². The molecule has 0 spiro atoms. The maximum Gasteiger partial charge on any atom is 0.409 e. The molecule has 2 aliphatic heterocycles. The van der Waals surface area contributed by atoms with Gasteiger partial charge in [0.25, 0.3) is 0 Å². The maximum atomic E-state index is 13.8. The predicted molar refractivity (Wildman–Crippen MR) is 68.7 cm³/mol. The Balaban J connectivity index is 1.69. The molecule has 2 heterocycles. The van der Waals surface area contributed by atoms with Crippen LogP contribution in [-0.2, 0) is 4.74 Å². The highest BCUT2D eigenvalue weighted by molar-refractivity contribution is 5.67. The van der Waals surface area contributed by atoms with E-state index < -0.39 is 12.3 Å². The summed E-state index contributed by atoms with van der Waals surface area (Å²) in [6.07, 6.45) is 2.09. The second kappa shape index (κ2) is 6.52. The molecule has 0 radical (unpaired) electrons.